The summed E-state index contributed by atoms with van der Waals surface area (Å²) in [4.78, 5) is 36.4. The summed E-state index contributed by atoms with van der Waals surface area (Å²) < 4.78 is 0. The first kappa shape index (κ1) is 19.1. The Balaban J connectivity index is 4.44. The Morgan fingerprint density at radius 1 is 1.10 bits per heavy atom. The second-order valence-electron chi connectivity index (χ2n) is 5.74. The van der Waals surface area contributed by atoms with Crippen LogP contribution in [0.25, 0.3) is 0 Å². The molecular formula is C14H26N4O3. The van der Waals surface area contributed by atoms with Gasteiger partial charge in [0.05, 0.1) is 6.42 Å². The van der Waals surface area contributed by atoms with Gasteiger partial charge < -0.3 is 10.2 Å². The van der Waals surface area contributed by atoms with Gasteiger partial charge in [0.25, 0.3) is 0 Å². The number of carbonyl (C=O) groups is 3. The summed E-state index contributed by atoms with van der Waals surface area (Å²) >= 11 is 0. The fraction of sp³-hybridized carbons (Fsp3) is 0.714. The Morgan fingerprint density at radius 2 is 1.62 bits per heavy atom. The molecule has 0 spiro atoms. The van der Waals surface area contributed by atoms with Gasteiger partial charge in [0.2, 0.25) is 5.91 Å². The van der Waals surface area contributed by atoms with E-state index in [9.17, 15) is 14.4 Å². The number of amides is 3. The van der Waals surface area contributed by atoms with Crippen LogP contribution in [-0.2, 0) is 14.4 Å². The average Bonchev–Trinajstić information content (AvgIpc) is 2.34. The van der Waals surface area contributed by atoms with E-state index >= 15 is 0 Å². The molecule has 0 atom stereocenters. The molecule has 0 unspecified atom stereocenters. The van der Waals surface area contributed by atoms with Crippen LogP contribution in [0, 0.1) is 0 Å². The van der Waals surface area contributed by atoms with Crippen LogP contribution in [-0.4, -0.2) is 47.0 Å². The molecule has 0 saturated carbocycles. The fourth-order valence-electron chi connectivity index (χ4n) is 1.58. The lowest BCUT2D eigenvalue weighted by Crippen LogP contribution is -2.42. The Kier molecular flexibility index (Phi) is 7.62. The fourth-order valence-corrected chi connectivity index (χ4v) is 1.58. The third-order valence-corrected chi connectivity index (χ3v) is 2.52. The van der Waals surface area contributed by atoms with E-state index in [1.54, 1.807) is 20.8 Å². The van der Waals surface area contributed by atoms with Gasteiger partial charge in [-0.15, -0.1) is 0 Å². The van der Waals surface area contributed by atoms with Crippen molar-refractivity contribution in [3.63, 3.8) is 0 Å². The Bertz CT molecular complexity index is 420. The smallest absolute Gasteiger partial charge is 0.329 e. The molecule has 0 aliphatic carbocycles. The van der Waals surface area contributed by atoms with Crippen LogP contribution in [0.3, 0.4) is 0 Å². The number of hydrogen-bond donors (Lipinski definition) is 2. The van der Waals surface area contributed by atoms with Crippen molar-refractivity contribution in [2.75, 3.05) is 13.1 Å². The minimum atomic E-state index is -0.797. The first-order valence-corrected chi connectivity index (χ1v) is 7.04. The highest BCUT2D eigenvalue weighted by Crippen LogP contribution is 1.99. The maximum atomic E-state index is 11.7. The molecule has 120 valence electrons. The lowest BCUT2D eigenvalue weighted by atomic mass is 10.1. The summed E-state index contributed by atoms with van der Waals surface area (Å²) in [6.45, 7) is 11.7. The molecule has 0 saturated heterocycles. The second-order valence-corrected chi connectivity index (χ2v) is 5.74. The molecule has 3 amide bonds. The number of nitrogens with zero attached hydrogens (tertiary/aromatic N) is 2. The molecule has 0 bridgehead atoms. The van der Waals surface area contributed by atoms with Gasteiger partial charge in [0.1, 0.15) is 0 Å². The topological polar surface area (TPSA) is 90.9 Å². The van der Waals surface area contributed by atoms with Gasteiger partial charge in [-0.25, -0.2) is 5.43 Å². The number of carbonyl (C=O) groups excluding carboxylic acids is 3. The van der Waals surface area contributed by atoms with Crippen molar-refractivity contribution in [2.45, 2.75) is 53.5 Å². The molecule has 7 heteroatoms. The molecule has 2 N–H and O–H groups in total. The predicted octanol–water partition coefficient (Wildman–Crippen LogP) is 0.652. The molecule has 0 rings (SSSR count). The Morgan fingerprint density at radius 3 is 2.05 bits per heavy atom. The van der Waals surface area contributed by atoms with E-state index in [-0.39, 0.29) is 17.9 Å². The maximum absolute atomic E-state index is 11.7. The van der Waals surface area contributed by atoms with E-state index in [2.05, 4.69) is 15.8 Å². The monoisotopic (exact) mass is 298 g/mol. The zero-order chi connectivity index (χ0) is 16.6. The summed E-state index contributed by atoms with van der Waals surface area (Å²) in [5.74, 6) is -1.61. The molecule has 0 fully saturated rings. The van der Waals surface area contributed by atoms with Crippen molar-refractivity contribution >= 4 is 23.4 Å². The number of likely N-dealkylation sites (N-methyl/N-ethyl adjacent to an activating group) is 1. The summed E-state index contributed by atoms with van der Waals surface area (Å²) in [6.07, 6.45) is 0.0665. The van der Waals surface area contributed by atoms with Crippen LogP contribution >= 0.6 is 0 Å². The molecule has 0 aromatic carbocycles. The van der Waals surface area contributed by atoms with Crippen molar-refractivity contribution < 1.29 is 14.4 Å². The van der Waals surface area contributed by atoms with Crippen LogP contribution < -0.4 is 10.7 Å². The SMILES string of the molecule is CCN(CC)C(=O)C(=O)N/N=C(/C)CC(=O)NC(C)(C)C. The zero-order valence-corrected chi connectivity index (χ0v) is 13.7. The van der Waals surface area contributed by atoms with Gasteiger partial charge >= 0.3 is 11.8 Å². The standard InChI is InChI=1S/C14H26N4O3/c1-7-18(8-2)13(21)12(20)17-16-10(3)9-11(19)15-14(4,5)6/h7-9H2,1-6H3,(H,15,19)(H,17,20)/b16-10-. The zero-order valence-electron chi connectivity index (χ0n) is 13.7. The van der Waals surface area contributed by atoms with Gasteiger partial charge in [-0.3, -0.25) is 14.4 Å². The molecule has 21 heavy (non-hydrogen) atoms. The van der Waals surface area contributed by atoms with Crippen molar-refractivity contribution in [1.29, 1.82) is 0 Å². The lowest BCUT2D eigenvalue weighted by molar-refractivity contribution is -0.145. The normalized spacial score (nSPS) is 11.8. The van der Waals surface area contributed by atoms with Crippen LogP contribution in [0.5, 0.6) is 0 Å². The second kappa shape index (κ2) is 8.39. The highest BCUT2D eigenvalue weighted by atomic mass is 16.2. The number of hydrazone groups is 1. The van der Waals surface area contributed by atoms with Crippen LogP contribution in [0.2, 0.25) is 0 Å². The molecule has 0 aliphatic heterocycles. The van der Waals surface area contributed by atoms with E-state index in [0.29, 0.717) is 18.8 Å². The van der Waals surface area contributed by atoms with E-state index in [4.69, 9.17) is 0 Å². The van der Waals surface area contributed by atoms with Gasteiger partial charge in [-0.05, 0) is 41.5 Å². The minimum absolute atomic E-state index is 0.0665. The summed E-state index contributed by atoms with van der Waals surface area (Å²) in [6, 6.07) is 0. The molecule has 0 heterocycles. The van der Waals surface area contributed by atoms with Gasteiger partial charge in [-0.1, -0.05) is 0 Å². The molecule has 0 aromatic rings. The number of rotatable bonds is 5. The predicted molar refractivity (Wildman–Crippen MR) is 81.7 cm³/mol. The van der Waals surface area contributed by atoms with Crippen molar-refractivity contribution in [3.8, 4) is 0 Å². The number of hydrogen-bond acceptors (Lipinski definition) is 4. The third-order valence-electron chi connectivity index (χ3n) is 2.52. The van der Waals surface area contributed by atoms with E-state index in [1.807, 2.05) is 20.8 Å². The first-order valence-electron chi connectivity index (χ1n) is 7.04. The van der Waals surface area contributed by atoms with Crippen LogP contribution in [0.15, 0.2) is 5.10 Å². The summed E-state index contributed by atoms with van der Waals surface area (Å²) in [7, 11) is 0. The average molecular weight is 298 g/mol. The van der Waals surface area contributed by atoms with E-state index in [0.717, 1.165) is 0 Å². The first-order chi connectivity index (χ1) is 9.60. The number of nitrogens with one attached hydrogen (secondary N) is 2. The van der Waals surface area contributed by atoms with Gasteiger partial charge in [0, 0.05) is 24.3 Å². The summed E-state index contributed by atoms with van der Waals surface area (Å²) in [5.41, 5.74) is 2.29. The van der Waals surface area contributed by atoms with Crippen LogP contribution in [0.4, 0.5) is 0 Å². The maximum Gasteiger partial charge on any atom is 0.329 e. The van der Waals surface area contributed by atoms with Crippen molar-refractivity contribution in [3.05, 3.63) is 0 Å². The third kappa shape index (κ3) is 8.06. The molecule has 0 aromatic heterocycles. The minimum Gasteiger partial charge on any atom is -0.351 e. The highest BCUT2D eigenvalue weighted by Gasteiger charge is 2.19. The molecular weight excluding hydrogens is 272 g/mol. The van der Waals surface area contributed by atoms with Crippen molar-refractivity contribution in [2.24, 2.45) is 5.10 Å². The van der Waals surface area contributed by atoms with Crippen LogP contribution in [0.1, 0.15) is 48.0 Å². The summed E-state index contributed by atoms with van der Waals surface area (Å²) in [5, 5.41) is 6.56. The molecule has 0 aliphatic rings. The van der Waals surface area contributed by atoms with E-state index in [1.165, 1.54) is 4.90 Å². The van der Waals surface area contributed by atoms with Gasteiger partial charge in [0.15, 0.2) is 0 Å². The Labute approximate surface area is 126 Å². The highest BCUT2D eigenvalue weighted by molar-refractivity contribution is 6.35. The van der Waals surface area contributed by atoms with E-state index < -0.39 is 11.8 Å². The molecule has 0 radical (unpaired) electrons. The molecule has 7 nitrogen and oxygen atoms in total. The largest absolute Gasteiger partial charge is 0.351 e. The van der Waals surface area contributed by atoms with Crippen molar-refractivity contribution in [1.82, 2.24) is 15.6 Å². The lowest BCUT2D eigenvalue weighted by Gasteiger charge is -2.20. The quantitative estimate of drug-likeness (QED) is 0.443. The Hall–Kier alpha value is -1.92. The van der Waals surface area contributed by atoms with Gasteiger partial charge in [-0.2, -0.15) is 5.10 Å².